The highest BCUT2D eigenvalue weighted by molar-refractivity contribution is 7.13. The number of hydrogen-bond acceptors (Lipinski definition) is 5. The van der Waals surface area contributed by atoms with Crippen LogP contribution in [-0.4, -0.2) is 18.1 Å². The number of methoxy groups -OCH3 is 1. The Morgan fingerprint density at radius 1 is 1.22 bits per heavy atom. The van der Waals surface area contributed by atoms with E-state index in [9.17, 15) is 4.79 Å². The zero-order chi connectivity index (χ0) is 13.1. The van der Waals surface area contributed by atoms with Crippen LogP contribution in [0.5, 0.6) is 10.9 Å². The first kappa shape index (κ1) is 12.6. The maximum absolute atomic E-state index is 11.3. The molecule has 0 bridgehead atoms. The predicted molar refractivity (Wildman–Crippen MR) is 69.4 cm³/mol. The zero-order valence-corrected chi connectivity index (χ0v) is 11.2. The third-order valence-corrected chi connectivity index (χ3v) is 3.44. The van der Waals surface area contributed by atoms with Crippen molar-refractivity contribution in [2.45, 2.75) is 13.8 Å². The van der Waals surface area contributed by atoms with Crippen LogP contribution < -0.4 is 4.74 Å². The SMILES string of the molecule is COC(=O)c1ccc(Oc2nc(C)c(C)s2)cc1. The molecule has 0 unspecified atom stereocenters. The predicted octanol–water partition coefficient (Wildman–Crippen LogP) is 3.34. The number of hydrogen-bond donors (Lipinski definition) is 0. The summed E-state index contributed by atoms with van der Waals surface area (Å²) in [6.07, 6.45) is 0. The molecule has 2 aromatic rings. The number of aryl methyl sites for hydroxylation is 2. The molecule has 4 nitrogen and oxygen atoms in total. The Kier molecular flexibility index (Phi) is 3.62. The molecule has 0 saturated heterocycles. The molecular formula is C13H13NO3S. The first-order valence-corrected chi connectivity index (χ1v) is 6.22. The minimum Gasteiger partial charge on any atom is -0.465 e. The number of esters is 1. The van der Waals surface area contributed by atoms with E-state index in [4.69, 9.17) is 4.74 Å². The largest absolute Gasteiger partial charge is 0.465 e. The molecule has 0 aliphatic carbocycles. The maximum atomic E-state index is 11.3. The molecule has 0 atom stereocenters. The van der Waals surface area contributed by atoms with Gasteiger partial charge in [-0.15, -0.1) is 0 Å². The van der Waals surface area contributed by atoms with Crippen molar-refractivity contribution in [3.63, 3.8) is 0 Å². The maximum Gasteiger partial charge on any atom is 0.337 e. The van der Waals surface area contributed by atoms with Gasteiger partial charge in [0.25, 0.3) is 5.19 Å². The summed E-state index contributed by atoms with van der Waals surface area (Å²) >= 11 is 1.50. The summed E-state index contributed by atoms with van der Waals surface area (Å²) in [6, 6.07) is 6.76. The average molecular weight is 263 g/mol. The summed E-state index contributed by atoms with van der Waals surface area (Å²) in [5.74, 6) is 0.291. The van der Waals surface area contributed by atoms with Gasteiger partial charge in [0.2, 0.25) is 0 Å². The van der Waals surface area contributed by atoms with Gasteiger partial charge in [-0.1, -0.05) is 11.3 Å². The fourth-order valence-corrected chi connectivity index (χ4v) is 2.14. The highest BCUT2D eigenvalue weighted by Gasteiger charge is 2.08. The first-order chi connectivity index (χ1) is 8.60. The number of benzene rings is 1. The van der Waals surface area contributed by atoms with E-state index in [0.29, 0.717) is 16.5 Å². The molecule has 94 valence electrons. The van der Waals surface area contributed by atoms with Crippen molar-refractivity contribution in [1.29, 1.82) is 0 Å². The molecule has 5 heteroatoms. The van der Waals surface area contributed by atoms with E-state index in [0.717, 1.165) is 10.6 Å². The lowest BCUT2D eigenvalue weighted by atomic mass is 10.2. The molecule has 0 N–H and O–H groups in total. The van der Waals surface area contributed by atoms with Crippen molar-refractivity contribution >= 4 is 17.3 Å². The Hall–Kier alpha value is -1.88. The average Bonchev–Trinajstić information content (AvgIpc) is 2.68. The van der Waals surface area contributed by atoms with Crippen molar-refractivity contribution in [2.24, 2.45) is 0 Å². The fraction of sp³-hybridized carbons (Fsp3) is 0.231. The minimum absolute atomic E-state index is 0.359. The van der Waals surface area contributed by atoms with Crippen LogP contribution in [0.25, 0.3) is 0 Å². The lowest BCUT2D eigenvalue weighted by Crippen LogP contribution is -2.00. The lowest BCUT2D eigenvalue weighted by Gasteiger charge is -2.02. The zero-order valence-electron chi connectivity index (χ0n) is 10.4. The van der Waals surface area contributed by atoms with Crippen LogP contribution in [0.15, 0.2) is 24.3 Å². The summed E-state index contributed by atoms with van der Waals surface area (Å²) in [5, 5.41) is 0.607. The molecule has 0 spiro atoms. The van der Waals surface area contributed by atoms with E-state index in [1.807, 2.05) is 13.8 Å². The molecule has 18 heavy (non-hydrogen) atoms. The van der Waals surface area contributed by atoms with Crippen LogP contribution in [0.1, 0.15) is 20.9 Å². The molecule has 0 radical (unpaired) electrons. The van der Waals surface area contributed by atoms with Crippen molar-refractivity contribution in [1.82, 2.24) is 4.98 Å². The summed E-state index contributed by atoms with van der Waals surface area (Å²) in [6.45, 7) is 3.94. The van der Waals surface area contributed by atoms with E-state index < -0.39 is 0 Å². The Bertz CT molecular complexity index is 541. The Morgan fingerprint density at radius 2 is 1.89 bits per heavy atom. The van der Waals surface area contributed by atoms with E-state index in [-0.39, 0.29) is 5.97 Å². The summed E-state index contributed by atoms with van der Waals surface area (Å²) in [5.41, 5.74) is 1.47. The topological polar surface area (TPSA) is 48.4 Å². The standard InChI is InChI=1S/C13H13NO3S/c1-8-9(2)18-13(14-8)17-11-6-4-10(5-7-11)12(15)16-3/h4-7H,1-3H3. The van der Waals surface area contributed by atoms with Crippen LogP contribution >= 0.6 is 11.3 Å². The Labute approximate surface area is 109 Å². The normalized spacial score (nSPS) is 10.2. The number of rotatable bonds is 3. The second-order valence-corrected chi connectivity index (χ2v) is 4.91. The lowest BCUT2D eigenvalue weighted by molar-refractivity contribution is 0.0600. The minimum atomic E-state index is -0.359. The number of carbonyl (C=O) groups excluding carboxylic acids is 1. The second-order valence-electron chi connectivity index (χ2n) is 3.74. The molecule has 0 aliphatic rings. The molecule has 1 aromatic carbocycles. The van der Waals surface area contributed by atoms with Gasteiger partial charge in [-0.25, -0.2) is 9.78 Å². The molecule has 1 heterocycles. The summed E-state index contributed by atoms with van der Waals surface area (Å²) < 4.78 is 10.2. The van der Waals surface area contributed by atoms with Gasteiger partial charge in [0, 0.05) is 4.88 Å². The monoisotopic (exact) mass is 263 g/mol. The fourth-order valence-electron chi connectivity index (χ4n) is 1.36. The van der Waals surface area contributed by atoms with Gasteiger partial charge in [0.1, 0.15) is 5.75 Å². The van der Waals surface area contributed by atoms with Gasteiger partial charge in [-0.2, -0.15) is 0 Å². The third-order valence-electron chi connectivity index (χ3n) is 2.49. The van der Waals surface area contributed by atoms with Crippen molar-refractivity contribution in [3.8, 4) is 10.9 Å². The van der Waals surface area contributed by atoms with Crippen LogP contribution in [-0.2, 0) is 4.74 Å². The molecule has 0 amide bonds. The van der Waals surface area contributed by atoms with Gasteiger partial charge in [0.05, 0.1) is 18.4 Å². The van der Waals surface area contributed by atoms with Gasteiger partial charge in [-0.3, -0.25) is 0 Å². The molecule has 2 rings (SSSR count). The second kappa shape index (κ2) is 5.18. The van der Waals surface area contributed by atoms with Crippen molar-refractivity contribution < 1.29 is 14.3 Å². The highest BCUT2D eigenvalue weighted by Crippen LogP contribution is 2.28. The smallest absolute Gasteiger partial charge is 0.337 e. The first-order valence-electron chi connectivity index (χ1n) is 5.40. The summed E-state index contributed by atoms with van der Waals surface area (Å²) in [7, 11) is 1.36. The quantitative estimate of drug-likeness (QED) is 0.797. The molecule has 1 aromatic heterocycles. The Morgan fingerprint density at radius 3 is 2.39 bits per heavy atom. The van der Waals surface area contributed by atoms with Gasteiger partial charge < -0.3 is 9.47 Å². The van der Waals surface area contributed by atoms with Crippen LogP contribution in [0.2, 0.25) is 0 Å². The van der Waals surface area contributed by atoms with Gasteiger partial charge in [-0.05, 0) is 38.1 Å². The van der Waals surface area contributed by atoms with Gasteiger partial charge in [0.15, 0.2) is 0 Å². The van der Waals surface area contributed by atoms with Crippen LogP contribution in [0.3, 0.4) is 0 Å². The van der Waals surface area contributed by atoms with Crippen LogP contribution in [0.4, 0.5) is 0 Å². The molecule has 0 aliphatic heterocycles. The van der Waals surface area contributed by atoms with Gasteiger partial charge >= 0.3 is 5.97 Å². The molecule has 0 fully saturated rings. The van der Waals surface area contributed by atoms with E-state index in [2.05, 4.69) is 9.72 Å². The third kappa shape index (κ3) is 2.68. The highest BCUT2D eigenvalue weighted by atomic mass is 32.1. The number of aromatic nitrogens is 1. The summed E-state index contributed by atoms with van der Waals surface area (Å²) in [4.78, 5) is 16.7. The Balaban J connectivity index is 2.13. The van der Waals surface area contributed by atoms with Crippen molar-refractivity contribution in [2.75, 3.05) is 7.11 Å². The molecular weight excluding hydrogens is 250 g/mol. The number of ether oxygens (including phenoxy) is 2. The number of nitrogens with zero attached hydrogens (tertiary/aromatic N) is 1. The van der Waals surface area contributed by atoms with Crippen molar-refractivity contribution in [3.05, 3.63) is 40.4 Å². The number of thiazole rings is 1. The van der Waals surface area contributed by atoms with Crippen LogP contribution in [0, 0.1) is 13.8 Å². The van der Waals surface area contributed by atoms with E-state index in [1.165, 1.54) is 18.4 Å². The van der Waals surface area contributed by atoms with E-state index >= 15 is 0 Å². The molecule has 0 saturated carbocycles. The van der Waals surface area contributed by atoms with E-state index in [1.54, 1.807) is 24.3 Å². The number of carbonyl (C=O) groups is 1.